The van der Waals surface area contributed by atoms with Crippen LogP contribution >= 0.6 is 11.3 Å². The molecule has 0 spiro atoms. The number of hydrogen-bond acceptors (Lipinski definition) is 5. The summed E-state index contributed by atoms with van der Waals surface area (Å²) in [4.78, 5) is 13.5. The largest absolute Gasteiger partial charge is 0.494 e. The van der Waals surface area contributed by atoms with Crippen molar-refractivity contribution in [1.82, 2.24) is 0 Å². The third-order valence-corrected chi connectivity index (χ3v) is 5.53. The molecule has 0 aliphatic carbocycles. The lowest BCUT2D eigenvalue weighted by Crippen LogP contribution is -2.31. The molecule has 1 aromatic carbocycles. The van der Waals surface area contributed by atoms with Crippen molar-refractivity contribution in [1.29, 1.82) is 5.26 Å². The molecule has 0 bridgehead atoms. The van der Waals surface area contributed by atoms with Gasteiger partial charge in [0.15, 0.2) is 0 Å². The zero-order valence-corrected chi connectivity index (χ0v) is 16.7. The number of nitrogens with one attached hydrogen (secondary N) is 1. The minimum absolute atomic E-state index is 0.132. The van der Waals surface area contributed by atoms with Gasteiger partial charge >= 0.3 is 0 Å². The Labute approximate surface area is 163 Å². The summed E-state index contributed by atoms with van der Waals surface area (Å²) >= 11 is 1.44. The van der Waals surface area contributed by atoms with Crippen LogP contribution in [-0.4, -0.2) is 18.1 Å². The Kier molecular flexibility index (Phi) is 5.83. The Hall–Kier alpha value is -2.36. The number of nitriles is 1. The highest BCUT2D eigenvalue weighted by Gasteiger charge is 2.31. The number of rotatable bonds is 6. The zero-order chi connectivity index (χ0) is 19.4. The number of carbonyl (C=O) groups is 1. The van der Waals surface area contributed by atoms with Crippen LogP contribution in [0.2, 0.25) is 0 Å². The first-order valence-corrected chi connectivity index (χ1v) is 9.93. The Morgan fingerprint density at radius 1 is 1.37 bits per heavy atom. The maximum Gasteiger partial charge on any atom is 0.229 e. The van der Waals surface area contributed by atoms with Crippen LogP contribution in [0, 0.1) is 11.3 Å². The number of thiophene rings is 1. The average Bonchev–Trinajstić information content (AvgIpc) is 2.96. The third-order valence-electron chi connectivity index (χ3n) is 4.41. The molecule has 27 heavy (non-hydrogen) atoms. The van der Waals surface area contributed by atoms with Gasteiger partial charge in [0.2, 0.25) is 5.91 Å². The van der Waals surface area contributed by atoms with Crippen molar-refractivity contribution in [2.24, 2.45) is 0 Å². The van der Waals surface area contributed by atoms with E-state index >= 15 is 0 Å². The molecule has 1 aliphatic rings. The molecule has 1 N–H and O–H groups in total. The number of ether oxygens (including phenoxy) is 2. The molecule has 1 amide bonds. The molecular weight excluding hydrogens is 360 g/mol. The number of fused-ring (bicyclic) bond motifs is 1. The maximum absolute atomic E-state index is 12.5. The summed E-state index contributed by atoms with van der Waals surface area (Å²) in [6.45, 7) is 7.25. The monoisotopic (exact) mass is 384 g/mol. The van der Waals surface area contributed by atoms with Gasteiger partial charge in [-0.3, -0.25) is 4.79 Å². The van der Waals surface area contributed by atoms with Gasteiger partial charge < -0.3 is 14.8 Å². The molecule has 1 aliphatic heterocycles. The summed E-state index contributed by atoms with van der Waals surface area (Å²) in [7, 11) is 0. The van der Waals surface area contributed by atoms with Crippen molar-refractivity contribution in [3.63, 3.8) is 0 Å². The standard InChI is InChI=1S/C21H24N2O3S/c1-4-9-25-15-7-5-14(6-8-15)10-19(24)23-20-17(12-22)16-11-21(2,3)26-13-18(16)27-20/h5-8H,4,9-11,13H2,1-3H3,(H,23,24). The summed E-state index contributed by atoms with van der Waals surface area (Å²) in [5.41, 5.74) is 2.19. The third kappa shape index (κ3) is 4.68. The van der Waals surface area contributed by atoms with E-state index in [2.05, 4.69) is 18.3 Å². The van der Waals surface area contributed by atoms with E-state index in [0.29, 0.717) is 30.2 Å². The van der Waals surface area contributed by atoms with Gasteiger partial charge in [0.05, 0.1) is 30.8 Å². The van der Waals surface area contributed by atoms with Crippen molar-refractivity contribution in [2.45, 2.75) is 52.2 Å². The first-order chi connectivity index (χ1) is 12.9. The van der Waals surface area contributed by atoms with E-state index in [9.17, 15) is 10.1 Å². The lowest BCUT2D eigenvalue weighted by atomic mass is 9.93. The van der Waals surface area contributed by atoms with Crippen molar-refractivity contribution in [3.05, 3.63) is 45.8 Å². The van der Waals surface area contributed by atoms with Crippen LogP contribution in [-0.2, 0) is 29.0 Å². The van der Waals surface area contributed by atoms with Crippen LogP contribution in [0.1, 0.15) is 48.8 Å². The topological polar surface area (TPSA) is 71.3 Å². The van der Waals surface area contributed by atoms with Crippen LogP contribution < -0.4 is 10.1 Å². The Morgan fingerprint density at radius 3 is 2.78 bits per heavy atom. The van der Waals surface area contributed by atoms with E-state index in [4.69, 9.17) is 9.47 Å². The van der Waals surface area contributed by atoms with Gasteiger partial charge in [-0.2, -0.15) is 5.26 Å². The van der Waals surface area contributed by atoms with Gasteiger partial charge in [0.25, 0.3) is 0 Å². The van der Waals surface area contributed by atoms with Crippen molar-refractivity contribution in [3.8, 4) is 11.8 Å². The second-order valence-corrected chi connectivity index (χ2v) is 8.37. The second kappa shape index (κ2) is 8.12. The van der Waals surface area contributed by atoms with Gasteiger partial charge in [-0.05, 0) is 43.5 Å². The van der Waals surface area contributed by atoms with Crippen LogP contribution in [0.15, 0.2) is 24.3 Å². The number of nitrogens with zero attached hydrogens (tertiary/aromatic N) is 1. The molecule has 142 valence electrons. The zero-order valence-electron chi connectivity index (χ0n) is 15.9. The number of carbonyl (C=O) groups excluding carboxylic acids is 1. The molecule has 0 unspecified atom stereocenters. The highest BCUT2D eigenvalue weighted by Crippen LogP contribution is 2.40. The number of anilines is 1. The predicted octanol–water partition coefficient (Wildman–Crippen LogP) is 4.44. The van der Waals surface area contributed by atoms with Crippen molar-refractivity contribution >= 4 is 22.2 Å². The molecule has 6 heteroatoms. The van der Waals surface area contributed by atoms with Gasteiger partial charge in [-0.25, -0.2) is 0 Å². The van der Waals surface area contributed by atoms with Gasteiger partial charge in [0.1, 0.15) is 16.8 Å². The van der Waals surface area contributed by atoms with E-state index in [1.807, 2.05) is 38.1 Å². The van der Waals surface area contributed by atoms with E-state index in [1.165, 1.54) is 11.3 Å². The van der Waals surface area contributed by atoms with Crippen LogP contribution in [0.3, 0.4) is 0 Å². The lowest BCUT2D eigenvalue weighted by Gasteiger charge is -2.29. The van der Waals surface area contributed by atoms with E-state index in [-0.39, 0.29) is 17.9 Å². The quantitative estimate of drug-likeness (QED) is 0.799. The second-order valence-electron chi connectivity index (χ2n) is 7.26. The highest BCUT2D eigenvalue weighted by molar-refractivity contribution is 7.16. The summed E-state index contributed by atoms with van der Waals surface area (Å²) in [5.74, 6) is 0.675. The van der Waals surface area contributed by atoms with E-state index < -0.39 is 0 Å². The maximum atomic E-state index is 12.5. The fourth-order valence-electron chi connectivity index (χ4n) is 3.04. The van der Waals surface area contributed by atoms with Crippen LogP contribution in [0.4, 0.5) is 5.00 Å². The summed E-state index contributed by atoms with van der Waals surface area (Å²) in [6, 6.07) is 9.80. The lowest BCUT2D eigenvalue weighted by molar-refractivity contribution is -0.115. The van der Waals surface area contributed by atoms with Gasteiger partial charge in [-0.15, -0.1) is 11.3 Å². The first kappa shape index (κ1) is 19.4. The van der Waals surface area contributed by atoms with Gasteiger partial charge in [0, 0.05) is 11.3 Å². The molecule has 2 heterocycles. The molecule has 1 aromatic heterocycles. The molecule has 0 atom stereocenters. The number of benzene rings is 1. The summed E-state index contributed by atoms with van der Waals surface area (Å²) < 4.78 is 11.4. The van der Waals surface area contributed by atoms with Crippen molar-refractivity contribution < 1.29 is 14.3 Å². The van der Waals surface area contributed by atoms with Crippen LogP contribution in [0.5, 0.6) is 5.75 Å². The van der Waals surface area contributed by atoms with Crippen molar-refractivity contribution in [2.75, 3.05) is 11.9 Å². The fourth-order valence-corrected chi connectivity index (χ4v) is 4.14. The van der Waals surface area contributed by atoms with Gasteiger partial charge in [-0.1, -0.05) is 19.1 Å². The average molecular weight is 385 g/mol. The minimum Gasteiger partial charge on any atom is -0.494 e. The Morgan fingerprint density at radius 2 is 2.11 bits per heavy atom. The summed E-state index contributed by atoms with van der Waals surface area (Å²) in [5, 5.41) is 13.1. The first-order valence-electron chi connectivity index (χ1n) is 9.12. The van der Waals surface area contributed by atoms with E-state index in [1.54, 1.807) is 0 Å². The molecular formula is C21H24N2O3S. The highest BCUT2D eigenvalue weighted by atomic mass is 32.1. The molecule has 0 saturated heterocycles. The minimum atomic E-state index is -0.289. The SMILES string of the molecule is CCCOc1ccc(CC(=O)Nc2sc3c(c2C#N)CC(C)(C)OC3)cc1. The Bertz CT molecular complexity index is 863. The molecule has 3 rings (SSSR count). The predicted molar refractivity (Wildman–Crippen MR) is 106 cm³/mol. The summed E-state index contributed by atoms with van der Waals surface area (Å²) in [6.07, 6.45) is 1.89. The number of hydrogen-bond donors (Lipinski definition) is 1. The molecule has 0 radical (unpaired) electrons. The normalized spacial score (nSPS) is 14.9. The number of amides is 1. The Balaban J connectivity index is 1.68. The molecule has 5 nitrogen and oxygen atoms in total. The molecule has 0 saturated carbocycles. The molecule has 0 fully saturated rings. The van der Waals surface area contributed by atoms with Crippen LogP contribution in [0.25, 0.3) is 0 Å². The van der Waals surface area contributed by atoms with E-state index in [0.717, 1.165) is 28.2 Å². The molecule has 2 aromatic rings. The smallest absolute Gasteiger partial charge is 0.229 e. The fraction of sp³-hybridized carbons (Fsp3) is 0.429.